The minimum atomic E-state index is 0.239. The van der Waals surface area contributed by atoms with Gasteiger partial charge in [0.1, 0.15) is 12.4 Å². The lowest BCUT2D eigenvalue weighted by Gasteiger charge is -2.38. The third kappa shape index (κ3) is 3.67. The van der Waals surface area contributed by atoms with E-state index in [-0.39, 0.29) is 6.10 Å². The molecule has 1 saturated carbocycles. The predicted molar refractivity (Wildman–Crippen MR) is 98.7 cm³/mol. The van der Waals surface area contributed by atoms with E-state index in [4.69, 9.17) is 9.47 Å². The maximum absolute atomic E-state index is 6.28. The molecule has 0 atom stereocenters. The van der Waals surface area contributed by atoms with E-state index in [2.05, 4.69) is 27.5 Å². The first kappa shape index (κ1) is 16.5. The van der Waals surface area contributed by atoms with Crippen LogP contribution in [0.2, 0.25) is 0 Å². The van der Waals surface area contributed by atoms with E-state index in [0.29, 0.717) is 11.9 Å². The zero-order valence-electron chi connectivity index (χ0n) is 14.6. The van der Waals surface area contributed by atoms with E-state index >= 15 is 0 Å². The highest BCUT2D eigenvalue weighted by molar-refractivity contribution is 5.85. The fourth-order valence-electron chi connectivity index (χ4n) is 3.90. The molecule has 0 radical (unpaired) electrons. The summed E-state index contributed by atoms with van der Waals surface area (Å²) < 4.78 is 11.7. The van der Waals surface area contributed by atoms with Gasteiger partial charge in [-0.25, -0.2) is 9.97 Å². The molecule has 25 heavy (non-hydrogen) atoms. The monoisotopic (exact) mass is 339 g/mol. The minimum Gasteiger partial charge on any atom is -0.474 e. The summed E-state index contributed by atoms with van der Waals surface area (Å²) in [7, 11) is 0. The number of hydrogen-bond donors (Lipinski definition) is 0. The standard InChI is InChI=1S/C20H25N3O2/c1-2-15-3-8-19-18(13-15)20(22-14-21-19)25-17-6-4-16(5-7-17)23-9-11-24-12-10-23/h2-3,8,13-14,16-17H,1,4-7,9-12H2/t16-,17-. The van der Waals surface area contributed by atoms with Crippen LogP contribution in [0.15, 0.2) is 31.1 Å². The van der Waals surface area contributed by atoms with Crippen molar-refractivity contribution in [3.8, 4) is 5.88 Å². The lowest BCUT2D eigenvalue weighted by atomic mass is 9.91. The van der Waals surface area contributed by atoms with Crippen molar-refractivity contribution < 1.29 is 9.47 Å². The third-order valence-corrected chi connectivity index (χ3v) is 5.34. The SMILES string of the molecule is C=Cc1ccc2ncnc(O[C@H]3CC[C@H](N4CCOCC4)CC3)c2c1. The van der Waals surface area contributed by atoms with Gasteiger partial charge in [0.25, 0.3) is 0 Å². The predicted octanol–water partition coefficient (Wildman–Crippen LogP) is 3.30. The quantitative estimate of drug-likeness (QED) is 0.855. The molecule has 132 valence electrons. The van der Waals surface area contributed by atoms with Crippen LogP contribution < -0.4 is 4.74 Å². The molecule has 1 aliphatic heterocycles. The molecule has 2 fully saturated rings. The Morgan fingerprint density at radius 1 is 1.12 bits per heavy atom. The summed E-state index contributed by atoms with van der Waals surface area (Å²) in [5, 5.41) is 0.968. The lowest BCUT2D eigenvalue weighted by molar-refractivity contribution is -0.00126. The van der Waals surface area contributed by atoms with Gasteiger partial charge < -0.3 is 9.47 Å². The Morgan fingerprint density at radius 3 is 2.68 bits per heavy atom. The molecule has 1 saturated heterocycles. The van der Waals surface area contributed by atoms with Crippen LogP contribution in [-0.2, 0) is 4.74 Å². The lowest BCUT2D eigenvalue weighted by Crippen LogP contribution is -2.46. The second kappa shape index (κ2) is 7.50. The molecule has 0 spiro atoms. The molecule has 1 aromatic heterocycles. The molecule has 5 heteroatoms. The van der Waals surface area contributed by atoms with Gasteiger partial charge in [-0.05, 0) is 43.4 Å². The second-order valence-corrected chi connectivity index (χ2v) is 6.86. The first-order valence-electron chi connectivity index (χ1n) is 9.19. The van der Waals surface area contributed by atoms with Gasteiger partial charge in [-0.1, -0.05) is 18.7 Å². The summed E-state index contributed by atoms with van der Waals surface area (Å²) in [4.78, 5) is 11.3. The van der Waals surface area contributed by atoms with Crippen LogP contribution in [0, 0.1) is 0 Å². The summed E-state index contributed by atoms with van der Waals surface area (Å²) in [5.41, 5.74) is 1.97. The smallest absolute Gasteiger partial charge is 0.224 e. The van der Waals surface area contributed by atoms with Gasteiger partial charge in [0.2, 0.25) is 5.88 Å². The van der Waals surface area contributed by atoms with Crippen molar-refractivity contribution in [2.75, 3.05) is 26.3 Å². The topological polar surface area (TPSA) is 47.5 Å². The summed E-state index contributed by atoms with van der Waals surface area (Å²) in [6.07, 6.45) is 8.19. The Kier molecular flexibility index (Phi) is 4.95. The zero-order valence-corrected chi connectivity index (χ0v) is 14.6. The Hall–Kier alpha value is -1.98. The van der Waals surface area contributed by atoms with E-state index in [0.717, 1.165) is 55.6 Å². The molecule has 2 aliphatic rings. The molecule has 4 rings (SSSR count). The van der Waals surface area contributed by atoms with Gasteiger partial charge in [-0.3, -0.25) is 4.90 Å². The van der Waals surface area contributed by atoms with E-state index in [1.807, 2.05) is 18.2 Å². The van der Waals surface area contributed by atoms with Crippen molar-refractivity contribution in [2.24, 2.45) is 0 Å². The molecule has 2 heterocycles. The van der Waals surface area contributed by atoms with Gasteiger partial charge in [-0.15, -0.1) is 0 Å². The molecule has 5 nitrogen and oxygen atoms in total. The van der Waals surface area contributed by atoms with Gasteiger partial charge in [0.05, 0.1) is 24.1 Å². The molecule has 0 amide bonds. The largest absolute Gasteiger partial charge is 0.474 e. The highest BCUT2D eigenvalue weighted by Crippen LogP contribution is 2.29. The van der Waals surface area contributed by atoms with Crippen LogP contribution in [0.5, 0.6) is 5.88 Å². The summed E-state index contributed by atoms with van der Waals surface area (Å²) in [6.45, 7) is 7.71. The van der Waals surface area contributed by atoms with Crippen molar-refractivity contribution >= 4 is 17.0 Å². The van der Waals surface area contributed by atoms with Crippen molar-refractivity contribution in [1.82, 2.24) is 14.9 Å². The minimum absolute atomic E-state index is 0.239. The zero-order chi connectivity index (χ0) is 17.1. The Labute approximate surface area is 148 Å². The molecular weight excluding hydrogens is 314 g/mol. The fraction of sp³-hybridized carbons (Fsp3) is 0.500. The van der Waals surface area contributed by atoms with Crippen molar-refractivity contribution in [1.29, 1.82) is 0 Å². The average Bonchev–Trinajstić information content (AvgIpc) is 2.69. The van der Waals surface area contributed by atoms with Crippen molar-refractivity contribution in [3.63, 3.8) is 0 Å². The molecule has 0 bridgehead atoms. The van der Waals surface area contributed by atoms with E-state index in [1.165, 1.54) is 12.8 Å². The van der Waals surface area contributed by atoms with Crippen LogP contribution in [-0.4, -0.2) is 53.3 Å². The van der Waals surface area contributed by atoms with Crippen LogP contribution >= 0.6 is 0 Å². The number of nitrogens with zero attached hydrogens (tertiary/aromatic N) is 3. The Balaban J connectivity index is 1.43. The first-order chi connectivity index (χ1) is 12.3. The van der Waals surface area contributed by atoms with Crippen molar-refractivity contribution in [3.05, 3.63) is 36.7 Å². The number of aromatic nitrogens is 2. The van der Waals surface area contributed by atoms with Crippen LogP contribution in [0.25, 0.3) is 17.0 Å². The van der Waals surface area contributed by atoms with E-state index < -0.39 is 0 Å². The number of ether oxygens (including phenoxy) is 2. The maximum atomic E-state index is 6.28. The van der Waals surface area contributed by atoms with Crippen LogP contribution in [0.3, 0.4) is 0 Å². The van der Waals surface area contributed by atoms with Gasteiger partial charge in [0.15, 0.2) is 0 Å². The van der Waals surface area contributed by atoms with Gasteiger partial charge in [-0.2, -0.15) is 0 Å². The number of morpholine rings is 1. The Bertz CT molecular complexity index is 735. The highest BCUT2D eigenvalue weighted by Gasteiger charge is 2.28. The summed E-state index contributed by atoms with van der Waals surface area (Å²) >= 11 is 0. The number of fused-ring (bicyclic) bond motifs is 1. The molecule has 2 aromatic rings. The highest BCUT2D eigenvalue weighted by atomic mass is 16.5. The molecule has 1 aliphatic carbocycles. The Morgan fingerprint density at radius 2 is 1.92 bits per heavy atom. The molecule has 0 N–H and O–H groups in total. The average molecular weight is 339 g/mol. The first-order valence-corrected chi connectivity index (χ1v) is 9.19. The van der Waals surface area contributed by atoms with Crippen LogP contribution in [0.1, 0.15) is 31.2 Å². The van der Waals surface area contributed by atoms with Crippen molar-refractivity contribution in [2.45, 2.75) is 37.8 Å². The maximum Gasteiger partial charge on any atom is 0.224 e. The number of rotatable bonds is 4. The summed E-state index contributed by atoms with van der Waals surface area (Å²) in [5.74, 6) is 0.698. The second-order valence-electron chi connectivity index (χ2n) is 6.86. The van der Waals surface area contributed by atoms with Gasteiger partial charge in [0, 0.05) is 19.1 Å². The van der Waals surface area contributed by atoms with E-state index in [9.17, 15) is 0 Å². The normalized spacial score (nSPS) is 25.0. The fourth-order valence-corrected chi connectivity index (χ4v) is 3.90. The number of benzene rings is 1. The molecular formula is C20H25N3O2. The molecule has 1 aromatic carbocycles. The molecule has 0 unspecified atom stereocenters. The summed E-state index contributed by atoms with van der Waals surface area (Å²) in [6, 6.07) is 6.74. The van der Waals surface area contributed by atoms with E-state index in [1.54, 1.807) is 6.33 Å². The third-order valence-electron chi connectivity index (χ3n) is 5.34. The van der Waals surface area contributed by atoms with Gasteiger partial charge >= 0.3 is 0 Å². The van der Waals surface area contributed by atoms with Crippen LogP contribution in [0.4, 0.5) is 0 Å². The number of hydrogen-bond acceptors (Lipinski definition) is 5.